The molecule has 0 fully saturated rings. The fourth-order valence-electron chi connectivity index (χ4n) is 1.83. The molecule has 20 heavy (non-hydrogen) atoms. The zero-order valence-electron chi connectivity index (χ0n) is 10.8. The molecule has 2 aromatic rings. The van der Waals surface area contributed by atoms with Crippen LogP contribution < -0.4 is 4.74 Å². The number of benzene rings is 2. The number of halogens is 1. The summed E-state index contributed by atoms with van der Waals surface area (Å²) in [7, 11) is 0. The van der Waals surface area contributed by atoms with Gasteiger partial charge in [-0.05, 0) is 36.6 Å². The standard InChI is InChI=1S/C15H14ClNO3/c16-11-3-5-12-4-1-2-6-15(12)20-14-9-7-13(8-10-14)17(18)19/h1-2,4,6-10H,3,5,11H2. The van der Waals surface area contributed by atoms with Crippen molar-refractivity contribution in [3.63, 3.8) is 0 Å². The monoisotopic (exact) mass is 291 g/mol. The Balaban J connectivity index is 2.14. The molecule has 5 heteroatoms. The first-order valence-corrected chi connectivity index (χ1v) is 6.80. The van der Waals surface area contributed by atoms with E-state index in [0.29, 0.717) is 11.6 Å². The van der Waals surface area contributed by atoms with Crippen molar-refractivity contribution >= 4 is 17.3 Å². The van der Waals surface area contributed by atoms with Crippen molar-refractivity contribution in [3.05, 3.63) is 64.2 Å². The van der Waals surface area contributed by atoms with Crippen molar-refractivity contribution in [1.82, 2.24) is 0 Å². The van der Waals surface area contributed by atoms with Gasteiger partial charge in [-0.3, -0.25) is 10.1 Å². The van der Waals surface area contributed by atoms with Gasteiger partial charge < -0.3 is 4.74 Å². The number of para-hydroxylation sites is 1. The van der Waals surface area contributed by atoms with E-state index in [-0.39, 0.29) is 5.69 Å². The van der Waals surface area contributed by atoms with E-state index < -0.39 is 4.92 Å². The summed E-state index contributed by atoms with van der Waals surface area (Å²) in [6.45, 7) is 0. The molecule has 0 amide bonds. The molecule has 0 aliphatic heterocycles. The lowest BCUT2D eigenvalue weighted by Crippen LogP contribution is -1.93. The van der Waals surface area contributed by atoms with Gasteiger partial charge in [0.25, 0.3) is 5.69 Å². The van der Waals surface area contributed by atoms with E-state index in [9.17, 15) is 10.1 Å². The van der Waals surface area contributed by atoms with Crippen LogP contribution >= 0.6 is 11.6 Å². The van der Waals surface area contributed by atoms with Gasteiger partial charge in [-0.15, -0.1) is 11.6 Å². The van der Waals surface area contributed by atoms with Gasteiger partial charge in [-0.25, -0.2) is 0 Å². The van der Waals surface area contributed by atoms with Crippen LogP contribution in [0.25, 0.3) is 0 Å². The SMILES string of the molecule is O=[N+]([O-])c1ccc(Oc2ccccc2CCCCl)cc1. The van der Waals surface area contributed by atoms with Crippen molar-refractivity contribution < 1.29 is 9.66 Å². The number of hydrogen-bond donors (Lipinski definition) is 0. The van der Waals surface area contributed by atoms with E-state index in [1.54, 1.807) is 12.1 Å². The fraction of sp³-hybridized carbons (Fsp3) is 0.200. The van der Waals surface area contributed by atoms with Gasteiger partial charge in [0, 0.05) is 18.0 Å². The molecular weight excluding hydrogens is 278 g/mol. The lowest BCUT2D eigenvalue weighted by molar-refractivity contribution is -0.384. The second kappa shape index (κ2) is 6.91. The summed E-state index contributed by atoms with van der Waals surface area (Å²) in [6.07, 6.45) is 1.72. The van der Waals surface area contributed by atoms with Gasteiger partial charge in [0.15, 0.2) is 0 Å². The van der Waals surface area contributed by atoms with Crippen LogP contribution in [-0.4, -0.2) is 10.8 Å². The minimum atomic E-state index is -0.432. The highest BCUT2D eigenvalue weighted by Gasteiger charge is 2.07. The van der Waals surface area contributed by atoms with Gasteiger partial charge in [0.05, 0.1) is 4.92 Å². The first-order valence-electron chi connectivity index (χ1n) is 6.27. The van der Waals surface area contributed by atoms with Gasteiger partial charge in [0.1, 0.15) is 11.5 Å². The molecule has 0 bridgehead atoms. The molecule has 0 N–H and O–H groups in total. The van der Waals surface area contributed by atoms with Crippen molar-refractivity contribution in [2.75, 3.05) is 5.88 Å². The number of ether oxygens (including phenoxy) is 1. The van der Waals surface area contributed by atoms with E-state index >= 15 is 0 Å². The third kappa shape index (κ3) is 3.71. The maximum atomic E-state index is 10.6. The predicted octanol–water partition coefficient (Wildman–Crippen LogP) is 4.56. The average molecular weight is 292 g/mol. The highest BCUT2D eigenvalue weighted by atomic mass is 35.5. The Kier molecular flexibility index (Phi) is 4.96. The third-order valence-electron chi connectivity index (χ3n) is 2.83. The number of rotatable bonds is 6. The van der Waals surface area contributed by atoms with Crippen LogP contribution in [0.3, 0.4) is 0 Å². The topological polar surface area (TPSA) is 52.4 Å². The Morgan fingerprint density at radius 3 is 2.45 bits per heavy atom. The summed E-state index contributed by atoms with van der Waals surface area (Å²) in [6, 6.07) is 13.8. The smallest absolute Gasteiger partial charge is 0.269 e. The number of hydrogen-bond acceptors (Lipinski definition) is 3. The quantitative estimate of drug-likeness (QED) is 0.445. The molecule has 0 aromatic heterocycles. The molecule has 0 spiro atoms. The number of aryl methyl sites for hydroxylation is 1. The first-order chi connectivity index (χ1) is 9.70. The molecular formula is C15H14ClNO3. The Morgan fingerprint density at radius 2 is 1.80 bits per heavy atom. The molecule has 2 rings (SSSR count). The molecule has 0 saturated heterocycles. The lowest BCUT2D eigenvalue weighted by Gasteiger charge is -2.10. The summed E-state index contributed by atoms with van der Waals surface area (Å²) in [4.78, 5) is 10.2. The molecule has 0 atom stereocenters. The van der Waals surface area contributed by atoms with E-state index in [2.05, 4.69) is 0 Å². The van der Waals surface area contributed by atoms with Gasteiger partial charge in [-0.2, -0.15) is 0 Å². The van der Waals surface area contributed by atoms with Crippen LogP contribution in [0, 0.1) is 10.1 Å². The molecule has 0 saturated carbocycles. The Labute approximate surface area is 122 Å². The summed E-state index contributed by atoms with van der Waals surface area (Å²) in [5.74, 6) is 1.94. The van der Waals surface area contributed by atoms with Crippen LogP contribution in [0.5, 0.6) is 11.5 Å². The zero-order chi connectivity index (χ0) is 14.4. The Hall–Kier alpha value is -2.07. The number of non-ortho nitro benzene ring substituents is 1. The number of alkyl halides is 1. The second-order valence-corrected chi connectivity index (χ2v) is 4.63. The lowest BCUT2D eigenvalue weighted by atomic mass is 10.1. The Morgan fingerprint density at radius 1 is 1.10 bits per heavy atom. The molecule has 0 radical (unpaired) electrons. The fourth-order valence-corrected chi connectivity index (χ4v) is 1.96. The molecule has 0 aliphatic rings. The van der Waals surface area contributed by atoms with E-state index in [0.717, 1.165) is 24.2 Å². The van der Waals surface area contributed by atoms with Crippen molar-refractivity contribution in [3.8, 4) is 11.5 Å². The maximum Gasteiger partial charge on any atom is 0.269 e. The zero-order valence-corrected chi connectivity index (χ0v) is 11.5. The first kappa shape index (κ1) is 14.3. The van der Waals surface area contributed by atoms with Crippen LogP contribution in [0.4, 0.5) is 5.69 Å². The van der Waals surface area contributed by atoms with Crippen LogP contribution in [0.15, 0.2) is 48.5 Å². The van der Waals surface area contributed by atoms with E-state index in [1.165, 1.54) is 12.1 Å². The minimum Gasteiger partial charge on any atom is -0.457 e. The summed E-state index contributed by atoms with van der Waals surface area (Å²) in [5, 5.41) is 10.6. The average Bonchev–Trinajstić information content (AvgIpc) is 2.47. The third-order valence-corrected chi connectivity index (χ3v) is 3.09. The van der Waals surface area contributed by atoms with Crippen LogP contribution in [0.1, 0.15) is 12.0 Å². The predicted molar refractivity (Wildman–Crippen MR) is 78.7 cm³/mol. The van der Waals surface area contributed by atoms with Gasteiger partial charge in [-0.1, -0.05) is 18.2 Å². The van der Waals surface area contributed by atoms with Crippen molar-refractivity contribution in [2.24, 2.45) is 0 Å². The molecule has 4 nitrogen and oxygen atoms in total. The largest absolute Gasteiger partial charge is 0.457 e. The molecule has 0 unspecified atom stereocenters. The number of nitro groups is 1. The minimum absolute atomic E-state index is 0.0489. The summed E-state index contributed by atoms with van der Waals surface area (Å²) < 4.78 is 5.78. The Bertz CT molecular complexity index is 584. The number of nitrogens with zero attached hydrogens (tertiary/aromatic N) is 1. The van der Waals surface area contributed by atoms with Gasteiger partial charge >= 0.3 is 0 Å². The maximum absolute atomic E-state index is 10.6. The van der Waals surface area contributed by atoms with E-state index in [1.807, 2.05) is 24.3 Å². The number of nitro benzene ring substituents is 1. The van der Waals surface area contributed by atoms with Crippen molar-refractivity contribution in [2.45, 2.75) is 12.8 Å². The molecule has 2 aromatic carbocycles. The summed E-state index contributed by atoms with van der Waals surface area (Å²) >= 11 is 5.71. The summed E-state index contributed by atoms with van der Waals surface area (Å²) in [5.41, 5.74) is 1.12. The normalized spacial score (nSPS) is 10.2. The van der Waals surface area contributed by atoms with Gasteiger partial charge in [0.2, 0.25) is 0 Å². The van der Waals surface area contributed by atoms with Crippen LogP contribution in [-0.2, 0) is 6.42 Å². The highest BCUT2D eigenvalue weighted by molar-refractivity contribution is 6.17. The van der Waals surface area contributed by atoms with Crippen LogP contribution in [0.2, 0.25) is 0 Å². The highest BCUT2D eigenvalue weighted by Crippen LogP contribution is 2.27. The second-order valence-electron chi connectivity index (χ2n) is 4.25. The molecule has 0 aliphatic carbocycles. The van der Waals surface area contributed by atoms with Crippen molar-refractivity contribution in [1.29, 1.82) is 0 Å². The molecule has 104 valence electrons. The molecule has 0 heterocycles. The van der Waals surface area contributed by atoms with E-state index in [4.69, 9.17) is 16.3 Å².